The molecule has 0 saturated heterocycles. The lowest BCUT2D eigenvalue weighted by atomic mass is 9.82. The van der Waals surface area contributed by atoms with Crippen LogP contribution in [0.2, 0.25) is 0 Å². The Hall–Kier alpha value is -3.12. The fourth-order valence-corrected chi connectivity index (χ4v) is 4.84. The molecule has 0 amide bonds. The van der Waals surface area contributed by atoms with E-state index >= 15 is 0 Å². The van der Waals surface area contributed by atoms with Gasteiger partial charge in [0.2, 0.25) is 0 Å². The first-order valence-corrected chi connectivity index (χ1v) is 12.0. The second kappa shape index (κ2) is 11.3. The zero-order valence-electron chi connectivity index (χ0n) is 20.3. The molecule has 0 atom stereocenters. The summed E-state index contributed by atoms with van der Waals surface area (Å²) in [5.41, 5.74) is 5.59. The van der Waals surface area contributed by atoms with Gasteiger partial charge in [-0.05, 0) is 62.1 Å². The van der Waals surface area contributed by atoms with Crippen LogP contribution in [-0.2, 0) is 20.8 Å². The molecule has 3 aromatic rings. The standard InChI is InChI=1S/C28H34N2O4/c1-20-27(24-10-7-11-25(16-24)32-2)28(23-8-5-4-6-9-23)29-30(20)17-21-12-14-22(15-13-21)18-34-19-26(31)33-3/h4-11,16,21-22H,12-15,17-19H2,1-3H3/t21-,22+. The van der Waals surface area contributed by atoms with E-state index < -0.39 is 0 Å². The van der Waals surface area contributed by atoms with Crippen LogP contribution in [0.25, 0.3) is 22.4 Å². The van der Waals surface area contributed by atoms with Gasteiger partial charge >= 0.3 is 5.97 Å². The van der Waals surface area contributed by atoms with E-state index in [4.69, 9.17) is 14.6 Å². The zero-order chi connectivity index (χ0) is 23.9. The fraction of sp³-hybridized carbons (Fsp3) is 0.429. The maximum Gasteiger partial charge on any atom is 0.331 e. The smallest absolute Gasteiger partial charge is 0.331 e. The van der Waals surface area contributed by atoms with Crippen LogP contribution in [0.3, 0.4) is 0 Å². The number of methoxy groups -OCH3 is 2. The zero-order valence-corrected chi connectivity index (χ0v) is 20.3. The number of nitrogens with zero attached hydrogens (tertiary/aromatic N) is 2. The highest BCUT2D eigenvalue weighted by Crippen LogP contribution is 2.37. The van der Waals surface area contributed by atoms with Gasteiger partial charge in [-0.25, -0.2) is 4.79 Å². The highest BCUT2D eigenvalue weighted by Gasteiger charge is 2.25. The molecule has 1 aliphatic rings. The topological polar surface area (TPSA) is 62.6 Å². The summed E-state index contributed by atoms with van der Waals surface area (Å²) in [5.74, 6) is 1.62. The monoisotopic (exact) mass is 462 g/mol. The minimum atomic E-state index is -0.316. The molecule has 0 bridgehead atoms. The van der Waals surface area contributed by atoms with Crippen LogP contribution < -0.4 is 4.74 Å². The van der Waals surface area contributed by atoms with Crippen molar-refractivity contribution in [2.45, 2.75) is 39.2 Å². The van der Waals surface area contributed by atoms with Gasteiger partial charge < -0.3 is 14.2 Å². The maximum absolute atomic E-state index is 11.2. The van der Waals surface area contributed by atoms with E-state index in [1.165, 1.54) is 12.8 Å². The van der Waals surface area contributed by atoms with Gasteiger partial charge in [0.15, 0.2) is 0 Å². The molecule has 34 heavy (non-hydrogen) atoms. The van der Waals surface area contributed by atoms with E-state index in [1.54, 1.807) is 7.11 Å². The minimum Gasteiger partial charge on any atom is -0.497 e. The van der Waals surface area contributed by atoms with Crippen LogP contribution in [-0.4, -0.2) is 43.2 Å². The molecule has 6 heteroatoms. The summed E-state index contributed by atoms with van der Waals surface area (Å²) in [6.07, 6.45) is 4.50. The largest absolute Gasteiger partial charge is 0.497 e. The van der Waals surface area contributed by atoms with E-state index in [0.29, 0.717) is 18.4 Å². The number of benzene rings is 2. The van der Waals surface area contributed by atoms with Crippen LogP contribution in [0.4, 0.5) is 0 Å². The fourth-order valence-electron chi connectivity index (χ4n) is 4.84. The van der Waals surface area contributed by atoms with Gasteiger partial charge in [-0.2, -0.15) is 5.10 Å². The molecule has 4 rings (SSSR count). The number of ether oxygens (including phenoxy) is 3. The number of carbonyl (C=O) groups is 1. The highest BCUT2D eigenvalue weighted by molar-refractivity contribution is 5.83. The molecule has 0 radical (unpaired) electrons. The predicted octanol–water partition coefficient (Wildman–Crippen LogP) is 5.53. The predicted molar refractivity (Wildman–Crippen MR) is 133 cm³/mol. The average molecular weight is 463 g/mol. The second-order valence-corrected chi connectivity index (χ2v) is 9.07. The molecule has 0 spiro atoms. The molecule has 1 aliphatic carbocycles. The van der Waals surface area contributed by atoms with Crippen LogP contribution in [0.15, 0.2) is 54.6 Å². The van der Waals surface area contributed by atoms with Crippen molar-refractivity contribution < 1.29 is 19.0 Å². The lowest BCUT2D eigenvalue weighted by Gasteiger charge is -2.28. The number of carbonyl (C=O) groups excluding carboxylic acids is 1. The Morgan fingerprint density at radius 3 is 2.38 bits per heavy atom. The van der Waals surface area contributed by atoms with Crippen molar-refractivity contribution in [2.75, 3.05) is 27.4 Å². The Balaban J connectivity index is 1.50. The first-order valence-electron chi connectivity index (χ1n) is 12.0. The average Bonchev–Trinajstić information content (AvgIpc) is 3.21. The van der Waals surface area contributed by atoms with Gasteiger partial charge in [-0.1, -0.05) is 42.5 Å². The molecule has 180 valence electrons. The first-order chi connectivity index (χ1) is 16.6. The van der Waals surface area contributed by atoms with Crippen LogP contribution in [0, 0.1) is 18.8 Å². The van der Waals surface area contributed by atoms with Crippen molar-refractivity contribution >= 4 is 5.97 Å². The van der Waals surface area contributed by atoms with Gasteiger partial charge in [0.25, 0.3) is 0 Å². The van der Waals surface area contributed by atoms with Gasteiger partial charge in [-0.3, -0.25) is 4.68 Å². The summed E-state index contributed by atoms with van der Waals surface area (Å²) >= 11 is 0. The molecule has 1 heterocycles. The first kappa shape index (κ1) is 24.0. The Morgan fingerprint density at radius 1 is 0.971 bits per heavy atom. The summed E-state index contributed by atoms with van der Waals surface area (Å²) in [4.78, 5) is 11.2. The van der Waals surface area contributed by atoms with Crippen molar-refractivity contribution in [3.05, 3.63) is 60.3 Å². The summed E-state index contributed by atoms with van der Waals surface area (Å²) in [6, 6.07) is 18.6. The summed E-state index contributed by atoms with van der Waals surface area (Å²) < 4.78 is 17.8. The molecule has 6 nitrogen and oxygen atoms in total. The lowest BCUT2D eigenvalue weighted by molar-refractivity contribution is -0.146. The number of esters is 1. The van der Waals surface area contributed by atoms with E-state index in [-0.39, 0.29) is 12.6 Å². The molecule has 0 N–H and O–H groups in total. The van der Waals surface area contributed by atoms with Crippen molar-refractivity contribution in [3.8, 4) is 28.1 Å². The third-order valence-electron chi connectivity index (χ3n) is 6.81. The van der Waals surface area contributed by atoms with E-state index in [0.717, 1.165) is 60.4 Å². The van der Waals surface area contributed by atoms with E-state index in [1.807, 2.05) is 18.2 Å². The highest BCUT2D eigenvalue weighted by atomic mass is 16.6. The Bertz CT molecular complexity index is 1090. The van der Waals surface area contributed by atoms with Crippen molar-refractivity contribution in [2.24, 2.45) is 11.8 Å². The Labute approximate surface area is 201 Å². The van der Waals surface area contributed by atoms with Crippen molar-refractivity contribution in [1.29, 1.82) is 0 Å². The molecule has 0 unspecified atom stereocenters. The van der Waals surface area contributed by atoms with Crippen molar-refractivity contribution in [3.63, 3.8) is 0 Å². The third-order valence-corrected chi connectivity index (χ3v) is 6.81. The number of hydrogen-bond donors (Lipinski definition) is 0. The molecule has 1 fully saturated rings. The normalized spacial score (nSPS) is 18.0. The molecular formula is C28H34N2O4. The van der Waals surface area contributed by atoms with Crippen LogP contribution in [0.1, 0.15) is 31.4 Å². The van der Waals surface area contributed by atoms with E-state index in [2.05, 4.69) is 52.7 Å². The number of hydrogen-bond acceptors (Lipinski definition) is 5. The number of aromatic nitrogens is 2. The van der Waals surface area contributed by atoms with Gasteiger partial charge in [0.1, 0.15) is 18.1 Å². The maximum atomic E-state index is 11.2. The van der Waals surface area contributed by atoms with Crippen molar-refractivity contribution in [1.82, 2.24) is 9.78 Å². The second-order valence-electron chi connectivity index (χ2n) is 9.07. The van der Waals surface area contributed by atoms with Gasteiger partial charge in [-0.15, -0.1) is 0 Å². The summed E-state index contributed by atoms with van der Waals surface area (Å²) in [7, 11) is 3.08. The molecule has 2 aromatic carbocycles. The lowest BCUT2D eigenvalue weighted by Crippen LogP contribution is -2.23. The molecule has 0 aliphatic heterocycles. The quantitative estimate of drug-likeness (QED) is 0.391. The van der Waals surface area contributed by atoms with Gasteiger partial charge in [0.05, 0.1) is 20.8 Å². The van der Waals surface area contributed by atoms with Crippen LogP contribution >= 0.6 is 0 Å². The minimum absolute atomic E-state index is 0.0399. The van der Waals surface area contributed by atoms with Gasteiger partial charge in [0, 0.05) is 23.4 Å². The molecule has 1 saturated carbocycles. The Kier molecular flexibility index (Phi) is 8.01. The van der Waals surface area contributed by atoms with Crippen LogP contribution in [0.5, 0.6) is 5.75 Å². The Morgan fingerprint density at radius 2 is 1.68 bits per heavy atom. The summed E-state index contributed by atoms with van der Waals surface area (Å²) in [6.45, 7) is 3.74. The van der Waals surface area contributed by atoms with E-state index in [9.17, 15) is 4.79 Å². The number of rotatable bonds is 9. The molecular weight excluding hydrogens is 428 g/mol. The summed E-state index contributed by atoms with van der Waals surface area (Å²) in [5, 5.41) is 5.10. The SMILES string of the molecule is COC(=O)COC[C@H]1CC[C@@H](Cn2nc(-c3ccccc3)c(-c3cccc(OC)c3)c2C)CC1. The third kappa shape index (κ3) is 5.68. The molecule has 1 aromatic heterocycles.